The maximum absolute atomic E-state index is 10.6. The Hall–Kier alpha value is -1.62. The van der Waals surface area contributed by atoms with Gasteiger partial charge in [-0.3, -0.25) is 4.79 Å². The van der Waals surface area contributed by atoms with Gasteiger partial charge in [0.1, 0.15) is 11.3 Å². The summed E-state index contributed by atoms with van der Waals surface area (Å²) < 4.78 is 2.10. The smallest absolute Gasteiger partial charge is 0.303 e. The minimum atomic E-state index is -0.749. The highest BCUT2D eigenvalue weighted by atomic mass is 35.5. The summed E-state index contributed by atoms with van der Waals surface area (Å²) in [6, 6.07) is 1.83. The summed E-state index contributed by atoms with van der Waals surface area (Å²) in [5.74, 6) is 0.263. The molecule has 0 spiro atoms. The van der Waals surface area contributed by atoms with Gasteiger partial charge in [0.2, 0.25) is 0 Å². The van der Waals surface area contributed by atoms with Crippen molar-refractivity contribution in [1.29, 1.82) is 0 Å². The average Bonchev–Trinajstić information content (AvgIpc) is 2.78. The average molecular weight is 310 g/mol. The minimum absolute atomic E-state index is 0.205. The number of pyridine rings is 1. The predicted molar refractivity (Wildman–Crippen MR) is 82.6 cm³/mol. The first kappa shape index (κ1) is 15.8. The fourth-order valence-electron chi connectivity index (χ4n) is 2.34. The van der Waals surface area contributed by atoms with Crippen LogP contribution in [0.15, 0.2) is 12.3 Å². The first-order valence-electron chi connectivity index (χ1n) is 7.34. The Bertz CT molecular complexity index is 625. The van der Waals surface area contributed by atoms with Gasteiger partial charge in [0.15, 0.2) is 5.65 Å². The zero-order chi connectivity index (χ0) is 15.2. The van der Waals surface area contributed by atoms with E-state index in [4.69, 9.17) is 16.7 Å². The van der Waals surface area contributed by atoms with Crippen molar-refractivity contribution in [1.82, 2.24) is 14.5 Å². The predicted octanol–water partition coefficient (Wildman–Crippen LogP) is 3.68. The number of aliphatic carboxylic acids is 1. The summed E-state index contributed by atoms with van der Waals surface area (Å²) in [6.07, 6.45) is 6.39. The fraction of sp³-hybridized carbons (Fsp3) is 0.533. The number of hydrogen-bond acceptors (Lipinski definition) is 3. The van der Waals surface area contributed by atoms with Crippen LogP contribution >= 0.6 is 11.6 Å². The Kier molecular flexibility index (Phi) is 5.56. The first-order chi connectivity index (χ1) is 10.1. The van der Waals surface area contributed by atoms with Crippen LogP contribution in [-0.2, 0) is 17.8 Å². The molecule has 0 atom stereocenters. The number of hydrogen-bond donors (Lipinski definition) is 1. The molecule has 2 heterocycles. The Labute approximate surface area is 129 Å². The van der Waals surface area contributed by atoms with Gasteiger partial charge >= 0.3 is 5.97 Å². The normalized spacial score (nSPS) is 11.1. The molecule has 0 fully saturated rings. The standard InChI is InChI=1S/C15H20ClN3O2/c1-2-3-6-13-18-12-9-11(16)10-17-15(12)19(13)8-5-4-7-14(20)21/h9-10H,2-8H2,1H3,(H,20,21). The van der Waals surface area contributed by atoms with E-state index in [2.05, 4.69) is 21.5 Å². The van der Waals surface area contributed by atoms with E-state index in [1.54, 1.807) is 6.20 Å². The van der Waals surface area contributed by atoms with E-state index in [0.717, 1.165) is 49.2 Å². The van der Waals surface area contributed by atoms with Crippen molar-refractivity contribution in [3.8, 4) is 0 Å². The van der Waals surface area contributed by atoms with E-state index in [9.17, 15) is 4.79 Å². The van der Waals surface area contributed by atoms with E-state index in [1.807, 2.05) is 6.07 Å². The minimum Gasteiger partial charge on any atom is -0.481 e. The molecule has 2 rings (SSSR count). The van der Waals surface area contributed by atoms with Gasteiger partial charge in [-0.05, 0) is 25.3 Å². The summed E-state index contributed by atoms with van der Waals surface area (Å²) in [5, 5.41) is 9.28. The van der Waals surface area contributed by atoms with E-state index in [0.29, 0.717) is 11.4 Å². The third-order valence-electron chi connectivity index (χ3n) is 3.41. The van der Waals surface area contributed by atoms with Crippen molar-refractivity contribution in [2.24, 2.45) is 0 Å². The molecule has 1 N–H and O–H groups in total. The number of nitrogens with zero attached hydrogens (tertiary/aromatic N) is 3. The molecular weight excluding hydrogens is 290 g/mol. The molecule has 0 radical (unpaired) electrons. The van der Waals surface area contributed by atoms with Gasteiger partial charge in [-0.1, -0.05) is 24.9 Å². The van der Waals surface area contributed by atoms with Crippen LogP contribution in [0.3, 0.4) is 0 Å². The molecule has 2 aromatic rings. The van der Waals surface area contributed by atoms with Crippen molar-refractivity contribution in [3.05, 3.63) is 23.1 Å². The number of carboxylic acids is 1. The number of carbonyl (C=O) groups is 1. The fourth-order valence-corrected chi connectivity index (χ4v) is 2.49. The molecule has 0 aromatic carbocycles. The maximum atomic E-state index is 10.6. The summed E-state index contributed by atoms with van der Waals surface area (Å²) in [6.45, 7) is 2.90. The van der Waals surface area contributed by atoms with Crippen LogP contribution in [0.5, 0.6) is 0 Å². The van der Waals surface area contributed by atoms with Gasteiger partial charge in [-0.15, -0.1) is 0 Å². The van der Waals surface area contributed by atoms with Crippen molar-refractivity contribution in [2.45, 2.75) is 52.0 Å². The highest BCUT2D eigenvalue weighted by Crippen LogP contribution is 2.20. The van der Waals surface area contributed by atoms with E-state index >= 15 is 0 Å². The number of aryl methyl sites for hydroxylation is 2. The number of imidazole rings is 1. The topological polar surface area (TPSA) is 68.0 Å². The molecule has 21 heavy (non-hydrogen) atoms. The third-order valence-corrected chi connectivity index (χ3v) is 3.61. The Morgan fingerprint density at radius 1 is 1.38 bits per heavy atom. The Morgan fingerprint density at radius 3 is 2.90 bits per heavy atom. The van der Waals surface area contributed by atoms with Gasteiger partial charge in [0.25, 0.3) is 0 Å². The number of rotatable bonds is 8. The second-order valence-corrected chi connectivity index (χ2v) is 5.57. The molecule has 0 saturated carbocycles. The van der Waals surface area contributed by atoms with Gasteiger partial charge in [-0.2, -0.15) is 0 Å². The lowest BCUT2D eigenvalue weighted by Crippen LogP contribution is -2.06. The molecular formula is C15H20ClN3O2. The Balaban J connectivity index is 2.18. The second-order valence-electron chi connectivity index (χ2n) is 5.13. The van der Waals surface area contributed by atoms with Crippen LogP contribution in [0.1, 0.15) is 44.9 Å². The number of fused-ring (bicyclic) bond motifs is 1. The number of aromatic nitrogens is 3. The zero-order valence-corrected chi connectivity index (χ0v) is 12.9. The van der Waals surface area contributed by atoms with Crippen molar-refractivity contribution < 1.29 is 9.90 Å². The Morgan fingerprint density at radius 2 is 2.19 bits per heavy atom. The van der Waals surface area contributed by atoms with E-state index < -0.39 is 5.97 Å². The van der Waals surface area contributed by atoms with Crippen LogP contribution < -0.4 is 0 Å². The number of unbranched alkanes of at least 4 members (excludes halogenated alkanes) is 2. The van der Waals surface area contributed by atoms with Gasteiger partial charge < -0.3 is 9.67 Å². The molecule has 0 aliphatic rings. The quantitative estimate of drug-likeness (QED) is 0.755. The molecule has 0 unspecified atom stereocenters. The van der Waals surface area contributed by atoms with E-state index in [1.165, 1.54) is 0 Å². The molecule has 0 amide bonds. The third kappa shape index (κ3) is 4.17. The van der Waals surface area contributed by atoms with Gasteiger partial charge in [-0.25, -0.2) is 9.97 Å². The molecule has 0 bridgehead atoms. The van der Waals surface area contributed by atoms with E-state index in [-0.39, 0.29) is 6.42 Å². The molecule has 0 saturated heterocycles. The first-order valence-corrected chi connectivity index (χ1v) is 7.72. The number of carboxylic acid groups (broad SMARTS) is 1. The summed E-state index contributed by atoms with van der Waals surface area (Å²) in [4.78, 5) is 19.6. The van der Waals surface area contributed by atoms with Crippen LogP contribution in [0, 0.1) is 0 Å². The highest BCUT2D eigenvalue weighted by molar-refractivity contribution is 6.31. The van der Waals surface area contributed by atoms with Gasteiger partial charge in [0.05, 0.1) is 5.02 Å². The largest absolute Gasteiger partial charge is 0.481 e. The SMILES string of the molecule is CCCCc1nc2cc(Cl)cnc2n1CCCCC(=O)O. The molecule has 2 aromatic heterocycles. The summed E-state index contributed by atoms with van der Waals surface area (Å²) >= 11 is 5.97. The second kappa shape index (κ2) is 7.41. The lowest BCUT2D eigenvalue weighted by atomic mass is 10.2. The van der Waals surface area contributed by atoms with Crippen LogP contribution in [0.4, 0.5) is 0 Å². The zero-order valence-electron chi connectivity index (χ0n) is 12.2. The molecule has 5 nitrogen and oxygen atoms in total. The van der Waals surface area contributed by atoms with Crippen molar-refractivity contribution in [3.63, 3.8) is 0 Å². The van der Waals surface area contributed by atoms with Crippen LogP contribution in [-0.4, -0.2) is 25.6 Å². The summed E-state index contributed by atoms with van der Waals surface area (Å²) in [7, 11) is 0. The number of halogens is 1. The van der Waals surface area contributed by atoms with Crippen LogP contribution in [0.2, 0.25) is 5.02 Å². The van der Waals surface area contributed by atoms with Crippen LogP contribution in [0.25, 0.3) is 11.2 Å². The summed E-state index contributed by atoms with van der Waals surface area (Å²) in [5.41, 5.74) is 1.65. The van der Waals surface area contributed by atoms with Crippen molar-refractivity contribution >= 4 is 28.7 Å². The van der Waals surface area contributed by atoms with Crippen molar-refractivity contribution in [2.75, 3.05) is 0 Å². The molecule has 114 valence electrons. The molecule has 0 aliphatic carbocycles. The molecule has 6 heteroatoms. The highest BCUT2D eigenvalue weighted by Gasteiger charge is 2.12. The lowest BCUT2D eigenvalue weighted by molar-refractivity contribution is -0.137. The molecule has 0 aliphatic heterocycles. The monoisotopic (exact) mass is 309 g/mol. The maximum Gasteiger partial charge on any atom is 0.303 e. The van der Waals surface area contributed by atoms with Gasteiger partial charge in [0, 0.05) is 25.6 Å². The lowest BCUT2D eigenvalue weighted by Gasteiger charge is -2.07.